The van der Waals surface area contributed by atoms with E-state index >= 15 is 0 Å². The van der Waals surface area contributed by atoms with Gasteiger partial charge in [0.25, 0.3) is 5.91 Å². The number of nitrogens with one attached hydrogen (secondary N) is 1. The van der Waals surface area contributed by atoms with Crippen LogP contribution < -0.4 is 4.74 Å². The van der Waals surface area contributed by atoms with Crippen LogP contribution in [-0.2, 0) is 25.8 Å². The zero-order valence-corrected chi connectivity index (χ0v) is 24.6. The fourth-order valence-corrected chi connectivity index (χ4v) is 5.31. The summed E-state index contributed by atoms with van der Waals surface area (Å²) in [6.45, 7) is 10.6. The first kappa shape index (κ1) is 32.0. The molecule has 1 saturated heterocycles. The van der Waals surface area contributed by atoms with Crippen LogP contribution in [0.1, 0.15) is 55.0 Å². The number of fused-ring (bicyclic) bond motifs is 1. The summed E-state index contributed by atoms with van der Waals surface area (Å²) in [4.78, 5) is 17.6. The van der Waals surface area contributed by atoms with Crippen LogP contribution in [0, 0.1) is 0 Å². The average Bonchev–Trinajstić information content (AvgIpc) is 3.35. The number of alkyl halides is 3. The first-order valence-corrected chi connectivity index (χ1v) is 13.9. The Morgan fingerprint density at radius 1 is 1.19 bits per heavy atom. The van der Waals surface area contributed by atoms with Crippen molar-refractivity contribution >= 4 is 11.5 Å². The van der Waals surface area contributed by atoms with Crippen molar-refractivity contribution in [2.24, 2.45) is 0 Å². The first-order valence-electron chi connectivity index (χ1n) is 13.9. The van der Waals surface area contributed by atoms with Crippen molar-refractivity contribution < 1.29 is 42.0 Å². The van der Waals surface area contributed by atoms with Crippen molar-refractivity contribution in [1.82, 2.24) is 20.0 Å². The molecule has 4 rings (SSSR count). The third kappa shape index (κ3) is 7.14. The highest BCUT2D eigenvalue weighted by Crippen LogP contribution is 2.45. The average molecular weight is 597 g/mol. The topological polar surface area (TPSA) is 109 Å². The van der Waals surface area contributed by atoms with E-state index in [2.05, 4.69) is 15.1 Å². The molecule has 232 valence electrons. The van der Waals surface area contributed by atoms with Gasteiger partial charge in [-0.1, -0.05) is 13.8 Å². The molecule has 42 heavy (non-hydrogen) atoms. The molecule has 0 saturated carbocycles. The minimum Gasteiger partial charge on any atom is -0.492 e. The van der Waals surface area contributed by atoms with Crippen molar-refractivity contribution in [2.45, 2.75) is 51.7 Å². The quantitative estimate of drug-likeness (QED) is 0.400. The van der Waals surface area contributed by atoms with Gasteiger partial charge in [-0.15, -0.1) is 0 Å². The maximum Gasteiger partial charge on any atom is 0.435 e. The molecule has 0 radical (unpaired) electrons. The van der Waals surface area contributed by atoms with Gasteiger partial charge in [0.2, 0.25) is 0 Å². The van der Waals surface area contributed by atoms with Crippen LogP contribution in [0.3, 0.4) is 0 Å². The Labute approximate surface area is 243 Å². The van der Waals surface area contributed by atoms with E-state index in [0.29, 0.717) is 31.1 Å². The highest BCUT2D eigenvalue weighted by atomic mass is 19.4. The molecular weight excluding hydrogens is 557 g/mol. The zero-order valence-electron chi connectivity index (χ0n) is 24.6. The standard InChI is InChI=1S/C29H39F3N4O6/c1-18(2)42-27(38)22-21(16-39-5)36(17-28(3,4)23-24(22)33-34-25(23)29(30,31)32)26(37)19-6-8-20(9-7-19)41-15-12-35-10-13-40-14-11-35/h6-9,18,27,38H,10-17H2,1-5H3,(H,33,34). The highest BCUT2D eigenvalue weighted by molar-refractivity contribution is 5.97. The lowest BCUT2D eigenvalue weighted by atomic mass is 9.81. The van der Waals surface area contributed by atoms with Crippen LogP contribution in [0.5, 0.6) is 5.75 Å². The van der Waals surface area contributed by atoms with Gasteiger partial charge < -0.3 is 29.0 Å². The maximum absolute atomic E-state index is 14.1. The second-order valence-corrected chi connectivity index (χ2v) is 11.3. The number of methoxy groups -OCH3 is 1. The largest absolute Gasteiger partial charge is 0.492 e. The lowest BCUT2D eigenvalue weighted by Crippen LogP contribution is -2.41. The molecule has 2 aliphatic rings. The van der Waals surface area contributed by atoms with Gasteiger partial charge in [-0.3, -0.25) is 14.8 Å². The molecule has 1 aromatic carbocycles. The second-order valence-electron chi connectivity index (χ2n) is 11.3. The van der Waals surface area contributed by atoms with E-state index in [4.69, 9.17) is 18.9 Å². The number of benzene rings is 1. The van der Waals surface area contributed by atoms with Gasteiger partial charge >= 0.3 is 6.18 Å². The number of aromatic nitrogens is 2. The number of carbonyl (C=O) groups excluding carboxylic acids is 1. The highest BCUT2D eigenvalue weighted by Gasteiger charge is 2.47. The van der Waals surface area contributed by atoms with Crippen molar-refractivity contribution in [1.29, 1.82) is 0 Å². The molecule has 1 unspecified atom stereocenters. The summed E-state index contributed by atoms with van der Waals surface area (Å²) in [6.07, 6.45) is -6.91. The van der Waals surface area contributed by atoms with Crippen LogP contribution in [-0.4, -0.2) is 103 Å². The predicted molar refractivity (Wildman–Crippen MR) is 148 cm³/mol. The molecule has 1 fully saturated rings. The molecule has 13 heteroatoms. The molecular formula is C29H39F3N4O6. The van der Waals surface area contributed by atoms with E-state index in [0.717, 1.165) is 19.6 Å². The Balaban J connectivity index is 1.68. The third-order valence-corrected chi connectivity index (χ3v) is 7.23. The van der Waals surface area contributed by atoms with Gasteiger partial charge in [-0.25, -0.2) is 0 Å². The number of aliphatic hydroxyl groups excluding tert-OH is 1. The van der Waals surface area contributed by atoms with Gasteiger partial charge in [-0.05, 0) is 38.1 Å². The number of hydrogen-bond acceptors (Lipinski definition) is 8. The molecule has 2 aliphatic heterocycles. The monoisotopic (exact) mass is 596 g/mol. The van der Waals surface area contributed by atoms with E-state index in [9.17, 15) is 23.1 Å². The number of halogens is 3. The molecule has 1 atom stereocenters. The summed E-state index contributed by atoms with van der Waals surface area (Å²) < 4.78 is 64.6. The van der Waals surface area contributed by atoms with Crippen LogP contribution in [0.15, 0.2) is 30.0 Å². The molecule has 0 aliphatic carbocycles. The number of morpholine rings is 1. The molecule has 3 heterocycles. The molecule has 0 bridgehead atoms. The molecule has 2 N–H and O–H groups in total. The van der Waals surface area contributed by atoms with Crippen LogP contribution in [0.2, 0.25) is 0 Å². The van der Waals surface area contributed by atoms with Crippen LogP contribution >= 0.6 is 0 Å². The van der Waals surface area contributed by atoms with Crippen molar-refractivity contribution in [2.75, 3.05) is 59.7 Å². The summed E-state index contributed by atoms with van der Waals surface area (Å²) in [5, 5.41) is 17.2. The van der Waals surface area contributed by atoms with Crippen LogP contribution in [0.25, 0.3) is 5.57 Å². The summed E-state index contributed by atoms with van der Waals surface area (Å²) >= 11 is 0. The lowest BCUT2D eigenvalue weighted by molar-refractivity contribution is -0.142. The van der Waals surface area contributed by atoms with Crippen molar-refractivity contribution in [3.05, 3.63) is 52.5 Å². The Kier molecular flexibility index (Phi) is 9.99. The number of H-pyrrole nitrogens is 1. The first-order chi connectivity index (χ1) is 19.8. The van der Waals surface area contributed by atoms with Gasteiger partial charge in [0.15, 0.2) is 12.0 Å². The number of hydrogen-bond donors (Lipinski definition) is 2. The van der Waals surface area contributed by atoms with E-state index in [1.165, 1.54) is 12.0 Å². The van der Waals surface area contributed by atoms with Crippen LogP contribution in [0.4, 0.5) is 13.2 Å². The smallest absolute Gasteiger partial charge is 0.435 e. The molecule has 1 amide bonds. The lowest BCUT2D eigenvalue weighted by Gasteiger charge is -2.33. The Hall–Kier alpha value is -2.97. The zero-order chi connectivity index (χ0) is 30.7. The number of rotatable bonds is 10. The maximum atomic E-state index is 14.1. The molecule has 2 aromatic rings. The summed E-state index contributed by atoms with van der Waals surface area (Å²) in [7, 11) is 1.40. The number of carbonyl (C=O) groups is 1. The number of ether oxygens (including phenoxy) is 4. The minimum atomic E-state index is -4.77. The Morgan fingerprint density at radius 2 is 1.86 bits per heavy atom. The molecule has 1 aromatic heterocycles. The number of nitrogens with zero attached hydrogens (tertiary/aromatic N) is 3. The summed E-state index contributed by atoms with van der Waals surface area (Å²) in [5.41, 5.74) is -2.13. The minimum absolute atomic E-state index is 0.0365. The Morgan fingerprint density at radius 3 is 2.45 bits per heavy atom. The Bertz CT molecular complexity index is 1250. The van der Waals surface area contributed by atoms with Gasteiger partial charge in [-0.2, -0.15) is 18.3 Å². The summed E-state index contributed by atoms with van der Waals surface area (Å²) in [6, 6.07) is 6.58. The predicted octanol–water partition coefficient (Wildman–Crippen LogP) is 3.67. The van der Waals surface area contributed by atoms with Gasteiger partial charge in [0, 0.05) is 49.8 Å². The molecule has 0 spiro atoms. The van der Waals surface area contributed by atoms with Crippen molar-refractivity contribution in [3.63, 3.8) is 0 Å². The summed E-state index contributed by atoms with van der Waals surface area (Å²) in [5.74, 6) is 0.108. The normalized spacial score (nSPS) is 18.7. The van der Waals surface area contributed by atoms with E-state index < -0.39 is 35.6 Å². The van der Waals surface area contributed by atoms with E-state index in [1.807, 2.05) is 0 Å². The van der Waals surface area contributed by atoms with E-state index in [1.54, 1.807) is 52.0 Å². The van der Waals surface area contributed by atoms with Gasteiger partial charge in [0.1, 0.15) is 12.4 Å². The molecule has 10 nitrogen and oxygen atoms in total. The van der Waals surface area contributed by atoms with E-state index in [-0.39, 0.29) is 35.7 Å². The second kappa shape index (κ2) is 13.1. The number of aromatic amines is 1. The fourth-order valence-electron chi connectivity index (χ4n) is 5.31. The number of aliphatic hydroxyl groups is 1. The number of amides is 1. The fraction of sp³-hybridized carbons (Fsp3) is 0.586. The third-order valence-electron chi connectivity index (χ3n) is 7.23. The SMILES string of the molecule is COCC1=C(C(O)OC(C)C)c2[nH]nc(C(F)(F)F)c2C(C)(C)CN1C(=O)c1ccc(OCCN2CCOCC2)cc1. The van der Waals surface area contributed by atoms with Gasteiger partial charge in [0.05, 0.1) is 42.9 Å². The van der Waals surface area contributed by atoms with Crippen molar-refractivity contribution in [3.8, 4) is 5.75 Å².